The first-order valence-corrected chi connectivity index (χ1v) is 6.77. The Morgan fingerprint density at radius 3 is 2.41 bits per heavy atom. The molecule has 22 heavy (non-hydrogen) atoms. The van der Waals surface area contributed by atoms with E-state index in [4.69, 9.17) is 9.15 Å². The van der Waals surface area contributed by atoms with Crippen LogP contribution < -0.4 is 4.74 Å². The smallest absolute Gasteiger partial charge is 0.337 e. The van der Waals surface area contributed by atoms with Crippen LogP contribution in [-0.2, 0) is 4.74 Å². The lowest BCUT2D eigenvalue weighted by Crippen LogP contribution is -2.00. The van der Waals surface area contributed by atoms with Crippen molar-refractivity contribution in [2.45, 2.75) is 0 Å². The maximum absolute atomic E-state index is 11.4. The molecule has 4 nitrogen and oxygen atoms in total. The number of carbonyl (C=O) groups excluding carboxylic acids is 1. The summed E-state index contributed by atoms with van der Waals surface area (Å²) in [6.07, 6.45) is 1.62. The van der Waals surface area contributed by atoms with Gasteiger partial charge in [-0.05, 0) is 48.5 Å². The van der Waals surface area contributed by atoms with Gasteiger partial charge in [-0.2, -0.15) is 0 Å². The van der Waals surface area contributed by atoms with Gasteiger partial charge in [0.05, 0.1) is 24.5 Å². The Labute approximate surface area is 127 Å². The van der Waals surface area contributed by atoms with Gasteiger partial charge in [-0.15, -0.1) is 0 Å². The van der Waals surface area contributed by atoms with Gasteiger partial charge in [0, 0.05) is 0 Å². The number of methoxy groups -OCH3 is 1. The lowest BCUT2D eigenvalue weighted by molar-refractivity contribution is 0.0600. The molecule has 0 spiro atoms. The minimum Gasteiger partial charge on any atom is -0.465 e. The summed E-state index contributed by atoms with van der Waals surface area (Å²) in [6.45, 7) is 0. The van der Waals surface area contributed by atoms with E-state index in [1.54, 1.807) is 30.5 Å². The van der Waals surface area contributed by atoms with Crippen molar-refractivity contribution in [2.75, 3.05) is 7.11 Å². The highest BCUT2D eigenvalue weighted by molar-refractivity contribution is 5.89. The van der Waals surface area contributed by atoms with Gasteiger partial charge in [0.1, 0.15) is 17.3 Å². The van der Waals surface area contributed by atoms with E-state index >= 15 is 0 Å². The highest BCUT2D eigenvalue weighted by Gasteiger charge is 2.10. The Morgan fingerprint density at radius 2 is 1.73 bits per heavy atom. The maximum atomic E-state index is 11.4. The first kappa shape index (κ1) is 13.9. The summed E-state index contributed by atoms with van der Waals surface area (Å²) in [4.78, 5) is 11.4. The molecule has 0 unspecified atom stereocenters. The van der Waals surface area contributed by atoms with E-state index in [0.717, 1.165) is 11.3 Å². The molecule has 0 N–H and O–H groups in total. The van der Waals surface area contributed by atoms with Crippen LogP contribution in [0.25, 0.3) is 11.3 Å². The standard InChI is InChI=1S/C18H14O4/c1-20-18(19)13-8-10-14(11-9-13)22-17-6-3-2-5-15(17)16-7-4-12-21-16/h2-12H,1H3. The fourth-order valence-corrected chi connectivity index (χ4v) is 2.09. The van der Waals surface area contributed by atoms with E-state index in [2.05, 4.69) is 4.74 Å². The highest BCUT2D eigenvalue weighted by Crippen LogP contribution is 2.33. The molecule has 0 aliphatic rings. The van der Waals surface area contributed by atoms with Crippen molar-refractivity contribution in [2.24, 2.45) is 0 Å². The molecule has 0 aliphatic heterocycles. The molecule has 0 fully saturated rings. The van der Waals surface area contributed by atoms with Gasteiger partial charge in [0.2, 0.25) is 0 Å². The molecule has 3 rings (SSSR count). The third-order valence-corrected chi connectivity index (χ3v) is 3.18. The number of esters is 1. The monoisotopic (exact) mass is 294 g/mol. The molecular weight excluding hydrogens is 280 g/mol. The average Bonchev–Trinajstić information content (AvgIpc) is 3.10. The molecule has 1 heterocycles. The van der Waals surface area contributed by atoms with E-state index in [9.17, 15) is 4.79 Å². The van der Waals surface area contributed by atoms with Gasteiger partial charge >= 0.3 is 5.97 Å². The van der Waals surface area contributed by atoms with Gasteiger partial charge < -0.3 is 13.9 Å². The first-order valence-electron chi connectivity index (χ1n) is 6.77. The fourth-order valence-electron chi connectivity index (χ4n) is 2.09. The molecule has 0 atom stereocenters. The van der Waals surface area contributed by atoms with Crippen molar-refractivity contribution in [1.82, 2.24) is 0 Å². The number of para-hydroxylation sites is 1. The molecule has 0 radical (unpaired) electrons. The van der Waals surface area contributed by atoms with Crippen LogP contribution in [-0.4, -0.2) is 13.1 Å². The van der Waals surface area contributed by atoms with Crippen LogP contribution in [0.2, 0.25) is 0 Å². The minimum atomic E-state index is -0.373. The number of carbonyl (C=O) groups is 1. The molecular formula is C18H14O4. The van der Waals surface area contributed by atoms with Crippen LogP contribution in [0, 0.1) is 0 Å². The zero-order valence-electron chi connectivity index (χ0n) is 12.0. The molecule has 1 aromatic heterocycles. The van der Waals surface area contributed by atoms with Gasteiger partial charge in [-0.1, -0.05) is 12.1 Å². The normalized spacial score (nSPS) is 10.2. The van der Waals surface area contributed by atoms with E-state index in [1.807, 2.05) is 36.4 Å². The maximum Gasteiger partial charge on any atom is 0.337 e. The lowest BCUT2D eigenvalue weighted by Gasteiger charge is -2.10. The Balaban J connectivity index is 1.86. The molecule has 0 amide bonds. The molecule has 0 saturated carbocycles. The van der Waals surface area contributed by atoms with Gasteiger partial charge in [-0.3, -0.25) is 0 Å². The van der Waals surface area contributed by atoms with Gasteiger partial charge in [-0.25, -0.2) is 4.79 Å². The Bertz CT molecular complexity index is 758. The first-order chi connectivity index (χ1) is 10.8. The number of ether oxygens (including phenoxy) is 2. The molecule has 2 aromatic carbocycles. The summed E-state index contributed by atoms with van der Waals surface area (Å²) in [5.74, 6) is 1.68. The predicted octanol–water partition coefficient (Wildman–Crippen LogP) is 4.53. The summed E-state index contributed by atoms with van der Waals surface area (Å²) < 4.78 is 16.0. The number of benzene rings is 2. The second-order valence-corrected chi connectivity index (χ2v) is 4.59. The van der Waals surface area contributed by atoms with Crippen molar-refractivity contribution in [1.29, 1.82) is 0 Å². The molecule has 0 saturated heterocycles. The van der Waals surface area contributed by atoms with Gasteiger partial charge in [0.15, 0.2) is 0 Å². The van der Waals surface area contributed by atoms with Crippen LogP contribution in [0.3, 0.4) is 0 Å². The largest absolute Gasteiger partial charge is 0.465 e. The van der Waals surface area contributed by atoms with Crippen molar-refractivity contribution < 1.29 is 18.7 Å². The van der Waals surface area contributed by atoms with Crippen LogP contribution in [0.15, 0.2) is 71.3 Å². The SMILES string of the molecule is COC(=O)c1ccc(Oc2ccccc2-c2ccco2)cc1. The zero-order valence-corrected chi connectivity index (χ0v) is 12.0. The third kappa shape index (κ3) is 2.86. The molecule has 110 valence electrons. The van der Waals surface area contributed by atoms with Crippen molar-refractivity contribution in [3.63, 3.8) is 0 Å². The summed E-state index contributed by atoms with van der Waals surface area (Å²) >= 11 is 0. The van der Waals surface area contributed by atoms with Crippen LogP contribution in [0.1, 0.15) is 10.4 Å². The zero-order chi connectivity index (χ0) is 15.4. The fraction of sp³-hybridized carbons (Fsp3) is 0.0556. The van der Waals surface area contributed by atoms with E-state index in [0.29, 0.717) is 17.1 Å². The van der Waals surface area contributed by atoms with Crippen molar-refractivity contribution in [3.8, 4) is 22.8 Å². The molecule has 3 aromatic rings. The van der Waals surface area contributed by atoms with Crippen LogP contribution in [0.4, 0.5) is 0 Å². The van der Waals surface area contributed by atoms with E-state index in [1.165, 1.54) is 7.11 Å². The Morgan fingerprint density at radius 1 is 0.955 bits per heavy atom. The molecule has 4 heteroatoms. The predicted molar refractivity (Wildman–Crippen MR) is 82.0 cm³/mol. The third-order valence-electron chi connectivity index (χ3n) is 3.18. The summed E-state index contributed by atoms with van der Waals surface area (Å²) in [5.41, 5.74) is 1.35. The van der Waals surface area contributed by atoms with Crippen molar-refractivity contribution >= 4 is 5.97 Å². The number of hydrogen-bond donors (Lipinski definition) is 0. The Kier molecular flexibility index (Phi) is 3.92. The topological polar surface area (TPSA) is 48.7 Å². The Hall–Kier alpha value is -3.01. The number of furan rings is 1. The molecule has 0 bridgehead atoms. The lowest BCUT2D eigenvalue weighted by atomic mass is 10.1. The number of hydrogen-bond acceptors (Lipinski definition) is 4. The quantitative estimate of drug-likeness (QED) is 0.663. The second-order valence-electron chi connectivity index (χ2n) is 4.59. The minimum absolute atomic E-state index is 0.373. The van der Waals surface area contributed by atoms with Crippen LogP contribution in [0.5, 0.6) is 11.5 Å². The summed E-state index contributed by atoms with van der Waals surface area (Å²) in [5, 5.41) is 0. The summed E-state index contributed by atoms with van der Waals surface area (Å²) in [7, 11) is 1.35. The average molecular weight is 294 g/mol. The van der Waals surface area contributed by atoms with E-state index < -0.39 is 0 Å². The summed E-state index contributed by atoms with van der Waals surface area (Å²) in [6, 6.07) is 18.1. The van der Waals surface area contributed by atoms with Gasteiger partial charge in [0.25, 0.3) is 0 Å². The molecule has 0 aliphatic carbocycles. The van der Waals surface area contributed by atoms with E-state index in [-0.39, 0.29) is 5.97 Å². The number of rotatable bonds is 4. The second kappa shape index (κ2) is 6.18. The van der Waals surface area contributed by atoms with Crippen molar-refractivity contribution in [3.05, 3.63) is 72.5 Å². The van der Waals surface area contributed by atoms with Crippen LogP contribution >= 0.6 is 0 Å². The highest BCUT2D eigenvalue weighted by atomic mass is 16.5.